The van der Waals surface area contributed by atoms with Crippen molar-refractivity contribution in [1.82, 2.24) is 0 Å². The molecule has 0 amide bonds. The van der Waals surface area contributed by atoms with Gasteiger partial charge in [-0.2, -0.15) is 0 Å². The Morgan fingerprint density at radius 3 is 2.65 bits per heavy atom. The largest absolute Gasteiger partial charge is 0.464 e. The summed E-state index contributed by atoms with van der Waals surface area (Å²) in [5.41, 5.74) is 5.06. The number of allylic oxidation sites excluding steroid dienone is 1. The molecule has 1 radical (unpaired) electrons. The van der Waals surface area contributed by atoms with Gasteiger partial charge in [0.15, 0.2) is 0 Å². The Balaban J connectivity index is 1.95. The molecule has 17 heavy (non-hydrogen) atoms. The standard InChI is InChI=1S/C16H15O/c1-2-5-12-8-9-17-16(12)15-10-13-6-3-4-7-14(13)11-15/h3-4,6-11H,2,5H2,1H3. The van der Waals surface area contributed by atoms with Gasteiger partial charge in [-0.05, 0) is 35.3 Å². The van der Waals surface area contributed by atoms with E-state index in [1.54, 1.807) is 6.26 Å². The van der Waals surface area contributed by atoms with E-state index in [0.717, 1.165) is 18.6 Å². The lowest BCUT2D eigenvalue weighted by Crippen LogP contribution is -1.87. The summed E-state index contributed by atoms with van der Waals surface area (Å²) in [6, 6.07) is 10.5. The summed E-state index contributed by atoms with van der Waals surface area (Å²) in [6.45, 7) is 2.19. The Bertz CT molecular complexity index is 560. The zero-order chi connectivity index (χ0) is 11.7. The van der Waals surface area contributed by atoms with Crippen LogP contribution in [-0.4, -0.2) is 0 Å². The van der Waals surface area contributed by atoms with Crippen LogP contribution in [0.15, 0.2) is 41.0 Å². The first kappa shape index (κ1) is 10.4. The van der Waals surface area contributed by atoms with Gasteiger partial charge in [0.1, 0.15) is 5.76 Å². The highest BCUT2D eigenvalue weighted by molar-refractivity contribution is 5.93. The molecular weight excluding hydrogens is 208 g/mol. The molecule has 0 atom stereocenters. The third kappa shape index (κ3) is 1.82. The van der Waals surface area contributed by atoms with E-state index in [4.69, 9.17) is 4.42 Å². The highest BCUT2D eigenvalue weighted by Gasteiger charge is 2.18. The van der Waals surface area contributed by atoms with Crippen molar-refractivity contribution in [1.29, 1.82) is 0 Å². The van der Waals surface area contributed by atoms with Crippen LogP contribution < -0.4 is 0 Å². The van der Waals surface area contributed by atoms with Gasteiger partial charge in [-0.3, -0.25) is 0 Å². The second-order valence-electron chi connectivity index (χ2n) is 4.40. The van der Waals surface area contributed by atoms with E-state index >= 15 is 0 Å². The quantitative estimate of drug-likeness (QED) is 0.754. The molecule has 2 aromatic rings. The molecule has 0 fully saturated rings. The number of furan rings is 1. The molecule has 1 aromatic carbocycles. The van der Waals surface area contributed by atoms with Gasteiger partial charge in [0.2, 0.25) is 0 Å². The molecule has 85 valence electrons. The summed E-state index contributed by atoms with van der Waals surface area (Å²) in [6.07, 6.45) is 8.42. The van der Waals surface area contributed by atoms with Gasteiger partial charge >= 0.3 is 0 Å². The van der Waals surface area contributed by atoms with Crippen LogP contribution in [0.5, 0.6) is 0 Å². The van der Waals surface area contributed by atoms with Crippen LogP contribution in [0.25, 0.3) is 11.6 Å². The highest BCUT2D eigenvalue weighted by atomic mass is 16.3. The molecule has 1 heteroatoms. The first-order valence-electron chi connectivity index (χ1n) is 6.10. The van der Waals surface area contributed by atoms with Crippen LogP contribution in [-0.2, 0) is 6.42 Å². The van der Waals surface area contributed by atoms with E-state index in [-0.39, 0.29) is 0 Å². The molecule has 1 aliphatic rings. The maximum Gasteiger partial charge on any atom is 0.133 e. The second-order valence-corrected chi connectivity index (χ2v) is 4.40. The Morgan fingerprint density at radius 2 is 1.88 bits per heavy atom. The smallest absolute Gasteiger partial charge is 0.133 e. The minimum absolute atomic E-state index is 1.03. The minimum Gasteiger partial charge on any atom is -0.464 e. The fraction of sp³-hybridized carbons (Fsp3) is 0.188. The minimum atomic E-state index is 1.03. The van der Waals surface area contributed by atoms with E-state index in [0.29, 0.717) is 0 Å². The Morgan fingerprint density at radius 1 is 1.06 bits per heavy atom. The van der Waals surface area contributed by atoms with Crippen molar-refractivity contribution < 1.29 is 4.42 Å². The highest BCUT2D eigenvalue weighted by Crippen LogP contribution is 2.35. The molecular formula is C16H15O. The zero-order valence-electron chi connectivity index (χ0n) is 9.94. The Kier molecular flexibility index (Phi) is 2.60. The Labute approximate surface area is 102 Å². The molecule has 1 aliphatic carbocycles. The van der Waals surface area contributed by atoms with Crippen LogP contribution in [0.2, 0.25) is 0 Å². The van der Waals surface area contributed by atoms with Gasteiger partial charge in [-0.1, -0.05) is 37.6 Å². The predicted octanol–water partition coefficient (Wildman–Crippen LogP) is 4.34. The first-order valence-corrected chi connectivity index (χ1v) is 6.10. The average molecular weight is 223 g/mol. The van der Waals surface area contributed by atoms with E-state index in [2.05, 4.69) is 49.8 Å². The Hall–Kier alpha value is -1.76. The number of fused-ring (bicyclic) bond motifs is 1. The van der Waals surface area contributed by atoms with Gasteiger partial charge in [-0.15, -0.1) is 0 Å². The molecule has 0 bridgehead atoms. The third-order valence-electron chi connectivity index (χ3n) is 3.15. The maximum absolute atomic E-state index is 5.63. The normalized spacial score (nSPS) is 13.6. The topological polar surface area (TPSA) is 13.1 Å². The number of hydrogen-bond acceptors (Lipinski definition) is 1. The van der Waals surface area contributed by atoms with Gasteiger partial charge in [0.25, 0.3) is 0 Å². The van der Waals surface area contributed by atoms with E-state index in [9.17, 15) is 0 Å². The zero-order valence-corrected chi connectivity index (χ0v) is 9.94. The fourth-order valence-electron chi connectivity index (χ4n) is 2.34. The second kappa shape index (κ2) is 4.25. The molecule has 0 saturated heterocycles. The molecule has 1 heterocycles. The fourth-order valence-corrected chi connectivity index (χ4v) is 2.34. The van der Waals surface area contributed by atoms with E-state index in [1.807, 2.05) is 0 Å². The number of hydrogen-bond donors (Lipinski definition) is 0. The van der Waals surface area contributed by atoms with Crippen molar-refractivity contribution >= 4 is 11.6 Å². The third-order valence-corrected chi connectivity index (χ3v) is 3.15. The van der Waals surface area contributed by atoms with Gasteiger partial charge in [0, 0.05) is 12.0 Å². The molecule has 0 N–H and O–H groups in total. The lowest BCUT2D eigenvalue weighted by molar-refractivity contribution is 0.550. The van der Waals surface area contributed by atoms with Gasteiger partial charge in [0.05, 0.1) is 6.26 Å². The van der Waals surface area contributed by atoms with Gasteiger partial charge < -0.3 is 4.42 Å². The lowest BCUT2D eigenvalue weighted by Gasteiger charge is -2.01. The van der Waals surface area contributed by atoms with Crippen LogP contribution in [0.3, 0.4) is 0 Å². The maximum atomic E-state index is 5.63. The molecule has 3 rings (SSSR count). The van der Waals surface area contributed by atoms with Crippen molar-refractivity contribution in [2.45, 2.75) is 19.8 Å². The summed E-state index contributed by atoms with van der Waals surface area (Å²) in [5.74, 6) is 1.03. The average Bonchev–Trinajstić information content (AvgIpc) is 2.94. The van der Waals surface area contributed by atoms with Crippen LogP contribution in [0, 0.1) is 6.42 Å². The van der Waals surface area contributed by atoms with Crippen molar-refractivity contribution in [3.63, 3.8) is 0 Å². The summed E-state index contributed by atoms with van der Waals surface area (Å²) in [4.78, 5) is 0. The molecule has 0 unspecified atom stereocenters. The number of benzene rings is 1. The summed E-state index contributed by atoms with van der Waals surface area (Å²) >= 11 is 0. The van der Waals surface area contributed by atoms with E-state index < -0.39 is 0 Å². The first-order chi connectivity index (χ1) is 8.38. The van der Waals surface area contributed by atoms with Crippen molar-refractivity contribution in [2.24, 2.45) is 0 Å². The molecule has 1 nitrogen and oxygen atoms in total. The predicted molar refractivity (Wildman–Crippen MR) is 70.4 cm³/mol. The molecule has 0 spiro atoms. The molecule has 1 aromatic heterocycles. The number of rotatable bonds is 3. The van der Waals surface area contributed by atoms with Crippen LogP contribution >= 0.6 is 0 Å². The summed E-state index contributed by atoms with van der Waals surface area (Å²) in [7, 11) is 0. The molecule has 0 aliphatic heterocycles. The monoisotopic (exact) mass is 223 g/mol. The summed E-state index contributed by atoms with van der Waals surface area (Å²) < 4.78 is 5.63. The van der Waals surface area contributed by atoms with E-state index in [1.165, 1.54) is 22.3 Å². The van der Waals surface area contributed by atoms with Crippen molar-refractivity contribution in [2.75, 3.05) is 0 Å². The van der Waals surface area contributed by atoms with Crippen molar-refractivity contribution in [3.05, 3.63) is 65.5 Å². The summed E-state index contributed by atoms with van der Waals surface area (Å²) in [5, 5.41) is 0. The van der Waals surface area contributed by atoms with Crippen molar-refractivity contribution in [3.8, 4) is 0 Å². The SMILES string of the molecule is CCCc1ccoc1C1=Cc2ccccc2[CH]1. The molecule has 0 saturated carbocycles. The van der Waals surface area contributed by atoms with Crippen LogP contribution in [0.4, 0.5) is 0 Å². The number of aryl methyl sites for hydroxylation is 1. The van der Waals surface area contributed by atoms with Crippen LogP contribution in [0.1, 0.15) is 35.8 Å². The lowest BCUT2D eigenvalue weighted by atomic mass is 10.0. The van der Waals surface area contributed by atoms with Gasteiger partial charge in [-0.25, -0.2) is 0 Å².